The molecule has 0 saturated carbocycles. The minimum absolute atomic E-state index is 0.0679. The third-order valence-corrected chi connectivity index (χ3v) is 6.57. The molecule has 8 heteroatoms. The maximum absolute atomic E-state index is 12.7. The van der Waals surface area contributed by atoms with Gasteiger partial charge in [0.2, 0.25) is 5.91 Å². The Hall–Kier alpha value is -3.23. The van der Waals surface area contributed by atoms with Crippen molar-refractivity contribution in [1.29, 1.82) is 0 Å². The molecule has 3 rings (SSSR count). The summed E-state index contributed by atoms with van der Waals surface area (Å²) < 4.78 is 5.52. The van der Waals surface area contributed by atoms with Gasteiger partial charge in [-0.3, -0.25) is 14.5 Å². The molecular formula is C27H28N2O4S2. The minimum Gasteiger partial charge on any atom is -0.462 e. The summed E-state index contributed by atoms with van der Waals surface area (Å²) in [5.74, 6) is -0.541. The van der Waals surface area contributed by atoms with Crippen LogP contribution < -0.4 is 5.32 Å². The van der Waals surface area contributed by atoms with Crippen LogP contribution in [-0.2, 0) is 14.3 Å². The number of thiocarbonyl (C=S) groups is 1. The summed E-state index contributed by atoms with van der Waals surface area (Å²) in [5.41, 5.74) is 2.15. The smallest absolute Gasteiger partial charge is 0.338 e. The summed E-state index contributed by atoms with van der Waals surface area (Å²) in [4.78, 5) is 38.8. The summed E-state index contributed by atoms with van der Waals surface area (Å²) in [6.45, 7) is 2.61. The average molecular weight is 509 g/mol. The van der Waals surface area contributed by atoms with E-state index in [1.165, 1.54) is 11.8 Å². The zero-order chi connectivity index (χ0) is 25.0. The standard InChI is InChI=1S/C27H28N2O4S2/c1-2-33-26(32)21-15-17-22(18-16-21)28-24(30)14-7-4-8-19-29-25(31)23(35-27(29)34)13-9-12-20-10-5-3-6-11-20/h3,5-6,9-13,15-18H,2,4,7-8,14,19H2,1H3,(H,28,30)/b12-9+,23-13-. The highest BCUT2D eigenvalue weighted by Gasteiger charge is 2.30. The average Bonchev–Trinajstić information content (AvgIpc) is 3.12. The Morgan fingerprint density at radius 3 is 2.51 bits per heavy atom. The number of ether oxygens (including phenoxy) is 1. The van der Waals surface area contributed by atoms with Crippen molar-refractivity contribution >= 4 is 57.8 Å². The molecule has 1 N–H and O–H groups in total. The minimum atomic E-state index is -0.383. The van der Waals surface area contributed by atoms with Crippen molar-refractivity contribution in [3.8, 4) is 0 Å². The van der Waals surface area contributed by atoms with Gasteiger partial charge in [0.05, 0.1) is 17.1 Å². The second-order valence-electron chi connectivity index (χ2n) is 7.78. The lowest BCUT2D eigenvalue weighted by molar-refractivity contribution is -0.122. The van der Waals surface area contributed by atoms with Gasteiger partial charge in [0.25, 0.3) is 5.91 Å². The predicted octanol–water partition coefficient (Wildman–Crippen LogP) is 5.82. The van der Waals surface area contributed by atoms with Gasteiger partial charge in [0.15, 0.2) is 0 Å². The van der Waals surface area contributed by atoms with Crippen LogP contribution in [0.3, 0.4) is 0 Å². The van der Waals surface area contributed by atoms with Crippen LogP contribution in [0.4, 0.5) is 5.69 Å². The molecule has 0 aromatic heterocycles. The van der Waals surface area contributed by atoms with Crippen LogP contribution in [0.1, 0.15) is 48.5 Å². The number of thioether (sulfide) groups is 1. The molecule has 1 saturated heterocycles. The maximum atomic E-state index is 12.7. The number of hydrogen-bond acceptors (Lipinski definition) is 6. The van der Waals surface area contributed by atoms with Crippen molar-refractivity contribution in [1.82, 2.24) is 4.90 Å². The van der Waals surface area contributed by atoms with E-state index in [4.69, 9.17) is 17.0 Å². The topological polar surface area (TPSA) is 75.7 Å². The number of benzene rings is 2. The Bertz CT molecular complexity index is 1110. The molecule has 35 heavy (non-hydrogen) atoms. The van der Waals surface area contributed by atoms with Crippen LogP contribution in [0.5, 0.6) is 0 Å². The van der Waals surface area contributed by atoms with E-state index in [9.17, 15) is 14.4 Å². The fourth-order valence-corrected chi connectivity index (χ4v) is 4.64. The van der Waals surface area contributed by atoms with E-state index in [0.717, 1.165) is 18.4 Å². The van der Waals surface area contributed by atoms with Gasteiger partial charge in [-0.25, -0.2) is 4.79 Å². The van der Waals surface area contributed by atoms with Crippen LogP contribution in [0.15, 0.2) is 71.7 Å². The molecule has 0 atom stereocenters. The second-order valence-corrected chi connectivity index (χ2v) is 9.46. The second kappa shape index (κ2) is 13.6. The maximum Gasteiger partial charge on any atom is 0.338 e. The molecule has 182 valence electrons. The Morgan fingerprint density at radius 1 is 1.06 bits per heavy atom. The van der Waals surface area contributed by atoms with Crippen LogP contribution in [0.25, 0.3) is 6.08 Å². The first-order valence-corrected chi connectivity index (χ1v) is 12.7. The highest BCUT2D eigenvalue weighted by molar-refractivity contribution is 8.26. The molecule has 0 spiro atoms. The van der Waals surface area contributed by atoms with Crippen molar-refractivity contribution in [3.05, 3.63) is 82.8 Å². The van der Waals surface area contributed by atoms with Gasteiger partial charge < -0.3 is 10.1 Å². The quantitative estimate of drug-likeness (QED) is 0.178. The fraction of sp³-hybridized carbons (Fsp3) is 0.259. The molecule has 2 amide bonds. The van der Waals surface area contributed by atoms with Gasteiger partial charge in [-0.15, -0.1) is 0 Å². The molecule has 1 fully saturated rings. The zero-order valence-corrected chi connectivity index (χ0v) is 21.2. The molecule has 2 aromatic rings. The molecule has 6 nitrogen and oxygen atoms in total. The largest absolute Gasteiger partial charge is 0.462 e. The molecule has 1 heterocycles. The number of rotatable bonds is 11. The molecule has 0 bridgehead atoms. The summed E-state index contributed by atoms with van der Waals surface area (Å²) in [7, 11) is 0. The van der Waals surface area contributed by atoms with Gasteiger partial charge in [-0.2, -0.15) is 0 Å². The molecule has 1 aliphatic heterocycles. The predicted molar refractivity (Wildman–Crippen MR) is 145 cm³/mol. The Labute approximate surface area is 215 Å². The molecular weight excluding hydrogens is 480 g/mol. The van der Waals surface area contributed by atoms with E-state index < -0.39 is 0 Å². The normalized spacial score (nSPS) is 14.7. The number of amides is 2. The molecule has 0 radical (unpaired) electrons. The number of carbonyl (C=O) groups is 3. The summed E-state index contributed by atoms with van der Waals surface area (Å²) >= 11 is 6.70. The van der Waals surface area contributed by atoms with Crippen molar-refractivity contribution in [2.45, 2.75) is 32.6 Å². The van der Waals surface area contributed by atoms with Crippen LogP contribution >= 0.6 is 24.0 Å². The third kappa shape index (κ3) is 8.19. The van der Waals surface area contributed by atoms with E-state index in [-0.39, 0.29) is 17.8 Å². The van der Waals surface area contributed by atoms with E-state index >= 15 is 0 Å². The van der Waals surface area contributed by atoms with Gasteiger partial charge in [0, 0.05) is 18.7 Å². The first kappa shape index (κ1) is 26.4. The van der Waals surface area contributed by atoms with Crippen molar-refractivity contribution in [3.63, 3.8) is 0 Å². The number of nitrogens with zero attached hydrogens (tertiary/aromatic N) is 1. The Morgan fingerprint density at radius 2 is 1.80 bits per heavy atom. The highest BCUT2D eigenvalue weighted by atomic mass is 32.2. The van der Waals surface area contributed by atoms with Crippen LogP contribution in [0.2, 0.25) is 0 Å². The summed E-state index contributed by atoms with van der Waals surface area (Å²) in [6.07, 6.45) is 8.27. The molecule has 1 aliphatic rings. The van der Waals surface area contributed by atoms with Gasteiger partial charge in [0.1, 0.15) is 4.32 Å². The SMILES string of the molecule is CCOC(=O)c1ccc(NC(=O)CCCCCN2C(=O)/C(=C/C=C/c3ccccc3)SC2=S)cc1. The number of esters is 1. The van der Waals surface area contributed by atoms with Crippen molar-refractivity contribution < 1.29 is 19.1 Å². The lowest BCUT2D eigenvalue weighted by atomic mass is 10.1. The number of anilines is 1. The van der Waals surface area contributed by atoms with Gasteiger partial charge in [-0.1, -0.05) is 72.9 Å². The van der Waals surface area contributed by atoms with Crippen LogP contribution in [-0.4, -0.2) is 40.2 Å². The van der Waals surface area contributed by atoms with E-state index in [1.807, 2.05) is 42.5 Å². The Kier molecular flexibility index (Phi) is 10.3. The van der Waals surface area contributed by atoms with Crippen molar-refractivity contribution in [2.75, 3.05) is 18.5 Å². The number of nitrogens with one attached hydrogen (secondary N) is 1. The summed E-state index contributed by atoms with van der Waals surface area (Å²) in [5, 5.41) is 2.83. The molecule has 0 aliphatic carbocycles. The number of hydrogen-bond donors (Lipinski definition) is 1. The Balaban J connectivity index is 1.36. The number of carbonyl (C=O) groups excluding carboxylic acids is 3. The highest BCUT2D eigenvalue weighted by Crippen LogP contribution is 2.31. The number of unbranched alkanes of at least 4 members (excludes halogenated alkanes) is 2. The fourth-order valence-electron chi connectivity index (χ4n) is 3.38. The lowest BCUT2D eigenvalue weighted by Gasteiger charge is -2.14. The first-order chi connectivity index (χ1) is 17.0. The van der Waals surface area contributed by atoms with Crippen molar-refractivity contribution in [2.24, 2.45) is 0 Å². The zero-order valence-electron chi connectivity index (χ0n) is 19.6. The molecule has 2 aromatic carbocycles. The molecule has 0 unspecified atom stereocenters. The van der Waals surface area contributed by atoms with Crippen LogP contribution in [0, 0.1) is 0 Å². The third-order valence-electron chi connectivity index (χ3n) is 5.17. The van der Waals surface area contributed by atoms with E-state index in [1.54, 1.807) is 42.2 Å². The van der Waals surface area contributed by atoms with Gasteiger partial charge >= 0.3 is 5.97 Å². The van der Waals surface area contributed by atoms with Gasteiger partial charge in [-0.05, 0) is 55.7 Å². The number of allylic oxidation sites excluding steroid dienone is 2. The summed E-state index contributed by atoms with van der Waals surface area (Å²) in [6, 6.07) is 16.5. The first-order valence-electron chi connectivity index (χ1n) is 11.5. The van der Waals surface area contributed by atoms with E-state index in [2.05, 4.69) is 5.32 Å². The lowest BCUT2D eigenvalue weighted by Crippen LogP contribution is -2.29. The monoisotopic (exact) mass is 508 g/mol. The van der Waals surface area contributed by atoms with E-state index in [0.29, 0.717) is 46.5 Å².